The Morgan fingerprint density at radius 3 is 2.72 bits per heavy atom. The SMILES string of the molecule is O=C1CC(Nc2nn3cc(-c4cccnc4)nc3s2)CN1c1c(F)cccc1F. The lowest BCUT2D eigenvalue weighted by Gasteiger charge is -2.18. The summed E-state index contributed by atoms with van der Waals surface area (Å²) in [6, 6.07) is 7.00. The summed E-state index contributed by atoms with van der Waals surface area (Å²) >= 11 is 1.34. The smallest absolute Gasteiger partial charge is 0.229 e. The number of pyridine rings is 1. The summed E-state index contributed by atoms with van der Waals surface area (Å²) in [4.78, 5) is 22.8. The fourth-order valence-electron chi connectivity index (χ4n) is 3.35. The van der Waals surface area contributed by atoms with E-state index in [9.17, 15) is 13.6 Å². The minimum atomic E-state index is -0.755. The molecule has 146 valence electrons. The average molecular weight is 412 g/mol. The molecule has 1 atom stereocenters. The molecule has 1 aromatic carbocycles. The molecule has 29 heavy (non-hydrogen) atoms. The van der Waals surface area contributed by atoms with Crippen LogP contribution in [0.3, 0.4) is 0 Å². The van der Waals surface area contributed by atoms with E-state index in [-0.39, 0.29) is 30.6 Å². The Morgan fingerprint density at radius 2 is 2.00 bits per heavy atom. The van der Waals surface area contributed by atoms with Crippen LogP contribution in [0.1, 0.15) is 6.42 Å². The van der Waals surface area contributed by atoms with Gasteiger partial charge in [-0.2, -0.15) is 0 Å². The summed E-state index contributed by atoms with van der Waals surface area (Å²) in [5, 5.41) is 8.20. The lowest BCUT2D eigenvalue weighted by molar-refractivity contribution is -0.117. The van der Waals surface area contributed by atoms with E-state index in [4.69, 9.17) is 0 Å². The molecular formula is C19H14F2N6OS. The zero-order valence-corrected chi connectivity index (χ0v) is 15.7. The molecule has 10 heteroatoms. The van der Waals surface area contributed by atoms with E-state index in [1.54, 1.807) is 23.1 Å². The number of para-hydroxylation sites is 1. The third kappa shape index (κ3) is 3.21. The van der Waals surface area contributed by atoms with Crippen LogP contribution >= 0.6 is 11.3 Å². The van der Waals surface area contributed by atoms with Crippen molar-refractivity contribution in [3.8, 4) is 11.3 Å². The van der Waals surface area contributed by atoms with Crippen LogP contribution in [0.25, 0.3) is 16.2 Å². The zero-order valence-electron chi connectivity index (χ0n) is 14.9. The summed E-state index contributed by atoms with van der Waals surface area (Å²) in [6.45, 7) is 0.152. The number of halogens is 2. The van der Waals surface area contributed by atoms with E-state index in [0.29, 0.717) is 10.1 Å². The summed E-state index contributed by atoms with van der Waals surface area (Å²) in [6.07, 6.45) is 5.35. The van der Waals surface area contributed by atoms with Crippen LogP contribution in [0.4, 0.5) is 19.6 Å². The number of nitrogens with one attached hydrogen (secondary N) is 1. The summed E-state index contributed by atoms with van der Waals surface area (Å²) in [7, 11) is 0. The molecule has 1 unspecified atom stereocenters. The summed E-state index contributed by atoms with van der Waals surface area (Å²) < 4.78 is 29.7. The monoisotopic (exact) mass is 412 g/mol. The van der Waals surface area contributed by atoms with Gasteiger partial charge in [0.05, 0.1) is 17.9 Å². The number of fused-ring (bicyclic) bond motifs is 1. The number of amides is 1. The van der Waals surface area contributed by atoms with Crippen LogP contribution in [-0.2, 0) is 4.79 Å². The molecule has 5 rings (SSSR count). The lowest BCUT2D eigenvalue weighted by Crippen LogP contribution is -2.29. The highest BCUT2D eigenvalue weighted by atomic mass is 32.1. The van der Waals surface area contributed by atoms with Crippen molar-refractivity contribution >= 4 is 33.0 Å². The molecule has 4 aromatic rings. The zero-order chi connectivity index (χ0) is 20.0. The van der Waals surface area contributed by atoms with Gasteiger partial charge in [-0.25, -0.2) is 18.3 Å². The Kier molecular flexibility index (Phi) is 4.20. The topological polar surface area (TPSA) is 75.4 Å². The van der Waals surface area contributed by atoms with Gasteiger partial charge in [0.15, 0.2) is 0 Å². The van der Waals surface area contributed by atoms with Gasteiger partial charge in [0, 0.05) is 30.9 Å². The fraction of sp³-hybridized carbons (Fsp3) is 0.158. The highest BCUT2D eigenvalue weighted by molar-refractivity contribution is 7.20. The molecule has 0 aliphatic carbocycles. The van der Waals surface area contributed by atoms with Gasteiger partial charge in [0.1, 0.15) is 17.3 Å². The molecule has 7 nitrogen and oxygen atoms in total. The molecule has 1 aliphatic rings. The highest BCUT2D eigenvalue weighted by Gasteiger charge is 2.34. The predicted molar refractivity (Wildman–Crippen MR) is 105 cm³/mol. The molecule has 1 amide bonds. The number of nitrogens with zero attached hydrogens (tertiary/aromatic N) is 5. The van der Waals surface area contributed by atoms with Crippen molar-refractivity contribution < 1.29 is 13.6 Å². The molecule has 1 N–H and O–H groups in total. The van der Waals surface area contributed by atoms with Crippen LogP contribution in [0.5, 0.6) is 0 Å². The number of carbonyl (C=O) groups excluding carboxylic acids is 1. The maximum absolute atomic E-state index is 14.0. The second kappa shape index (κ2) is 6.89. The first kappa shape index (κ1) is 17.7. The van der Waals surface area contributed by atoms with Crippen molar-refractivity contribution in [2.45, 2.75) is 12.5 Å². The standard InChI is InChI=1S/C19H14F2N6OS/c20-13-4-1-5-14(21)17(13)26-9-12(7-16(26)28)23-18-25-27-10-15(24-19(27)29-18)11-3-2-6-22-8-11/h1-6,8,10,12H,7,9H2,(H,23,25). The van der Waals surface area contributed by atoms with Gasteiger partial charge in [-0.05, 0) is 24.3 Å². The van der Waals surface area contributed by atoms with Crippen LogP contribution in [0.15, 0.2) is 48.9 Å². The number of aromatic nitrogens is 4. The maximum Gasteiger partial charge on any atom is 0.229 e. The van der Waals surface area contributed by atoms with Crippen LogP contribution in [0.2, 0.25) is 0 Å². The van der Waals surface area contributed by atoms with Crippen LogP contribution in [-0.4, -0.2) is 38.1 Å². The largest absolute Gasteiger partial charge is 0.355 e. The molecule has 0 bridgehead atoms. The van der Waals surface area contributed by atoms with Crippen LogP contribution in [0, 0.1) is 11.6 Å². The highest BCUT2D eigenvalue weighted by Crippen LogP contribution is 2.30. The molecule has 3 aromatic heterocycles. The normalized spacial score (nSPS) is 16.7. The van der Waals surface area contributed by atoms with E-state index in [1.807, 2.05) is 12.1 Å². The van der Waals surface area contributed by atoms with E-state index < -0.39 is 11.6 Å². The minimum absolute atomic E-state index is 0.122. The molecule has 0 spiro atoms. The Bertz CT molecular complexity index is 1160. The fourth-order valence-corrected chi connectivity index (χ4v) is 4.21. The number of anilines is 2. The van der Waals surface area contributed by atoms with Gasteiger partial charge in [-0.15, -0.1) is 5.10 Å². The van der Waals surface area contributed by atoms with Crippen LogP contribution < -0.4 is 10.2 Å². The Balaban J connectivity index is 1.34. The number of benzene rings is 1. The van der Waals surface area contributed by atoms with Gasteiger partial charge in [0.25, 0.3) is 0 Å². The first-order valence-electron chi connectivity index (χ1n) is 8.86. The summed E-state index contributed by atoms with van der Waals surface area (Å²) in [5.41, 5.74) is 1.35. The second-order valence-electron chi connectivity index (χ2n) is 6.62. The van der Waals surface area contributed by atoms with Crippen molar-refractivity contribution in [2.75, 3.05) is 16.8 Å². The van der Waals surface area contributed by atoms with E-state index in [2.05, 4.69) is 20.4 Å². The number of hydrogen-bond acceptors (Lipinski definition) is 6. The van der Waals surface area contributed by atoms with Crippen molar-refractivity contribution in [2.24, 2.45) is 0 Å². The van der Waals surface area contributed by atoms with Crippen molar-refractivity contribution in [3.63, 3.8) is 0 Å². The van der Waals surface area contributed by atoms with Gasteiger partial charge in [-0.3, -0.25) is 9.78 Å². The van der Waals surface area contributed by atoms with Gasteiger partial charge in [0.2, 0.25) is 16.0 Å². The maximum atomic E-state index is 14.0. The molecule has 1 fully saturated rings. The Labute approximate surface area is 167 Å². The number of hydrogen-bond donors (Lipinski definition) is 1. The Morgan fingerprint density at radius 1 is 1.17 bits per heavy atom. The third-order valence-corrected chi connectivity index (χ3v) is 5.51. The molecule has 1 aliphatic heterocycles. The predicted octanol–water partition coefficient (Wildman–Crippen LogP) is 3.35. The average Bonchev–Trinajstić information content (AvgIpc) is 3.36. The van der Waals surface area contributed by atoms with Gasteiger partial charge in [-0.1, -0.05) is 17.4 Å². The molecule has 0 radical (unpaired) electrons. The van der Waals surface area contributed by atoms with E-state index in [0.717, 1.165) is 28.3 Å². The van der Waals surface area contributed by atoms with Crippen molar-refractivity contribution in [1.82, 2.24) is 19.6 Å². The second-order valence-corrected chi connectivity index (χ2v) is 7.58. The van der Waals surface area contributed by atoms with E-state index in [1.165, 1.54) is 17.4 Å². The lowest BCUT2D eigenvalue weighted by atomic mass is 10.2. The minimum Gasteiger partial charge on any atom is -0.355 e. The number of imidazole rings is 1. The first-order valence-corrected chi connectivity index (χ1v) is 9.67. The number of rotatable bonds is 4. The molecule has 4 heterocycles. The third-order valence-electron chi connectivity index (χ3n) is 4.66. The summed E-state index contributed by atoms with van der Waals surface area (Å²) in [5.74, 6) is -1.85. The quantitative estimate of drug-likeness (QED) is 0.556. The first-order chi connectivity index (χ1) is 14.1. The molecule has 0 saturated carbocycles. The van der Waals surface area contributed by atoms with E-state index >= 15 is 0 Å². The van der Waals surface area contributed by atoms with Crippen molar-refractivity contribution in [3.05, 3.63) is 60.6 Å². The number of carbonyl (C=O) groups is 1. The van der Waals surface area contributed by atoms with Gasteiger partial charge >= 0.3 is 0 Å². The molecule has 1 saturated heterocycles. The van der Waals surface area contributed by atoms with Gasteiger partial charge < -0.3 is 10.2 Å². The molecular weight excluding hydrogens is 398 g/mol. The Hall–Kier alpha value is -3.40. The van der Waals surface area contributed by atoms with Crippen molar-refractivity contribution in [1.29, 1.82) is 0 Å².